The number of halogens is 2. The fourth-order valence-corrected chi connectivity index (χ4v) is 7.56. The fraction of sp³-hybridized carbons (Fsp3) is 0.412. The van der Waals surface area contributed by atoms with Gasteiger partial charge in [-0.2, -0.15) is 0 Å². The van der Waals surface area contributed by atoms with Gasteiger partial charge in [0.2, 0.25) is 11.8 Å². The average molecular weight is 723 g/mol. The number of hydrogen-bond acceptors (Lipinski definition) is 8. The smallest absolute Gasteiger partial charge is 0.265 e. The van der Waals surface area contributed by atoms with Crippen LogP contribution in [0.4, 0.5) is 5.69 Å². The molecule has 0 heterocycles. The van der Waals surface area contributed by atoms with Crippen LogP contribution in [0.15, 0.2) is 59.5 Å². The predicted molar refractivity (Wildman–Crippen MR) is 185 cm³/mol. The van der Waals surface area contributed by atoms with Gasteiger partial charge in [0.15, 0.2) is 11.5 Å². The summed E-state index contributed by atoms with van der Waals surface area (Å²) < 4.78 is 51.5. The molecule has 48 heavy (non-hydrogen) atoms. The molecule has 2 amide bonds. The van der Waals surface area contributed by atoms with Crippen molar-refractivity contribution in [1.29, 1.82) is 0 Å². The summed E-state index contributed by atoms with van der Waals surface area (Å²) in [5.74, 6) is -0.0795. The van der Waals surface area contributed by atoms with E-state index in [1.54, 1.807) is 31.2 Å². The van der Waals surface area contributed by atoms with E-state index in [4.69, 9.17) is 42.1 Å². The molecule has 0 spiro atoms. The van der Waals surface area contributed by atoms with Crippen LogP contribution in [0.1, 0.15) is 44.6 Å². The van der Waals surface area contributed by atoms with Gasteiger partial charge >= 0.3 is 0 Å². The molecule has 0 radical (unpaired) electrons. The number of hydrogen-bond donors (Lipinski definition) is 1. The maximum Gasteiger partial charge on any atom is 0.265 e. The Morgan fingerprint density at radius 2 is 1.48 bits per heavy atom. The summed E-state index contributed by atoms with van der Waals surface area (Å²) >= 11 is 13.0. The quantitative estimate of drug-likeness (QED) is 0.212. The fourth-order valence-electron chi connectivity index (χ4n) is 5.61. The van der Waals surface area contributed by atoms with Crippen LogP contribution in [-0.4, -0.2) is 72.2 Å². The number of nitrogens with zero attached hydrogens (tertiary/aromatic N) is 2. The van der Waals surface area contributed by atoms with Crippen molar-refractivity contribution in [3.63, 3.8) is 0 Å². The maximum atomic E-state index is 14.5. The summed E-state index contributed by atoms with van der Waals surface area (Å²) in [6, 6.07) is 12.6. The van der Waals surface area contributed by atoms with Crippen molar-refractivity contribution < 1.29 is 37.0 Å². The van der Waals surface area contributed by atoms with Crippen LogP contribution in [0.2, 0.25) is 10.0 Å². The van der Waals surface area contributed by atoms with Gasteiger partial charge in [-0.25, -0.2) is 8.42 Å². The number of amides is 2. The van der Waals surface area contributed by atoms with Crippen LogP contribution < -0.4 is 28.6 Å². The predicted octanol–water partition coefficient (Wildman–Crippen LogP) is 6.09. The number of benzene rings is 3. The minimum atomic E-state index is -4.49. The van der Waals surface area contributed by atoms with Crippen molar-refractivity contribution in [1.82, 2.24) is 10.2 Å². The van der Waals surface area contributed by atoms with Crippen LogP contribution in [0, 0.1) is 0 Å². The van der Waals surface area contributed by atoms with Crippen LogP contribution in [-0.2, 0) is 26.2 Å². The summed E-state index contributed by atoms with van der Waals surface area (Å²) in [5, 5.41) is 3.67. The van der Waals surface area contributed by atoms with Crippen LogP contribution in [0.3, 0.4) is 0 Å². The second kappa shape index (κ2) is 16.5. The Morgan fingerprint density at radius 1 is 0.854 bits per heavy atom. The van der Waals surface area contributed by atoms with E-state index in [0.717, 1.165) is 36.4 Å². The van der Waals surface area contributed by atoms with Gasteiger partial charge in [-0.05, 0) is 56.2 Å². The largest absolute Gasteiger partial charge is 0.497 e. The van der Waals surface area contributed by atoms with E-state index < -0.39 is 28.5 Å². The lowest BCUT2D eigenvalue weighted by molar-refractivity contribution is -0.139. The number of anilines is 1. The van der Waals surface area contributed by atoms with E-state index in [0.29, 0.717) is 27.1 Å². The van der Waals surface area contributed by atoms with Crippen molar-refractivity contribution >= 4 is 50.7 Å². The highest BCUT2D eigenvalue weighted by molar-refractivity contribution is 7.92. The van der Waals surface area contributed by atoms with Gasteiger partial charge in [0.05, 0.1) is 39.0 Å². The molecule has 260 valence electrons. The molecule has 1 aliphatic rings. The van der Waals surface area contributed by atoms with Crippen molar-refractivity contribution in [3.05, 3.63) is 70.2 Å². The van der Waals surface area contributed by atoms with Gasteiger partial charge in [-0.15, -0.1) is 0 Å². The maximum absolute atomic E-state index is 14.5. The summed E-state index contributed by atoms with van der Waals surface area (Å²) in [6.45, 7) is 0.722. The number of ether oxygens (including phenoxy) is 4. The Bertz CT molecular complexity index is 1700. The molecule has 0 aromatic heterocycles. The van der Waals surface area contributed by atoms with Gasteiger partial charge in [-0.1, -0.05) is 48.5 Å². The van der Waals surface area contributed by atoms with Crippen LogP contribution in [0.25, 0.3) is 0 Å². The van der Waals surface area contributed by atoms with E-state index >= 15 is 0 Å². The number of sulfonamides is 1. The second-order valence-corrected chi connectivity index (χ2v) is 14.0. The third-order valence-corrected chi connectivity index (χ3v) is 10.8. The van der Waals surface area contributed by atoms with Gasteiger partial charge in [0.1, 0.15) is 24.1 Å². The van der Waals surface area contributed by atoms with Gasteiger partial charge in [0, 0.05) is 40.3 Å². The summed E-state index contributed by atoms with van der Waals surface area (Å²) in [6.07, 6.45) is 4.80. The zero-order chi connectivity index (χ0) is 35.0. The highest BCUT2D eigenvalue weighted by atomic mass is 35.5. The van der Waals surface area contributed by atoms with Gasteiger partial charge in [-0.3, -0.25) is 13.9 Å². The molecule has 3 aromatic rings. The zero-order valence-corrected chi connectivity index (χ0v) is 30.0. The lowest BCUT2D eigenvalue weighted by Crippen LogP contribution is -2.53. The summed E-state index contributed by atoms with van der Waals surface area (Å²) in [5.41, 5.74) is 0.453. The molecule has 4 rings (SSSR count). The number of rotatable bonds is 14. The number of carbonyl (C=O) groups is 2. The first-order chi connectivity index (χ1) is 22.9. The van der Waals surface area contributed by atoms with E-state index in [1.165, 1.54) is 63.7 Å². The third-order valence-electron chi connectivity index (χ3n) is 8.39. The van der Waals surface area contributed by atoms with E-state index in [-0.39, 0.29) is 40.6 Å². The van der Waals surface area contributed by atoms with Crippen molar-refractivity contribution in [2.45, 2.75) is 62.6 Å². The molecule has 0 aliphatic heterocycles. The third kappa shape index (κ3) is 8.40. The highest BCUT2D eigenvalue weighted by Gasteiger charge is 2.35. The topological polar surface area (TPSA) is 124 Å². The monoisotopic (exact) mass is 721 g/mol. The zero-order valence-electron chi connectivity index (χ0n) is 27.6. The van der Waals surface area contributed by atoms with E-state index in [2.05, 4.69) is 5.32 Å². The Balaban J connectivity index is 1.81. The van der Waals surface area contributed by atoms with Crippen molar-refractivity contribution in [2.75, 3.05) is 39.3 Å². The molecule has 14 heteroatoms. The molecule has 1 aliphatic carbocycles. The molecule has 0 bridgehead atoms. The van der Waals surface area contributed by atoms with E-state index in [9.17, 15) is 18.0 Å². The second-order valence-electron chi connectivity index (χ2n) is 11.3. The summed E-state index contributed by atoms with van der Waals surface area (Å²) in [4.78, 5) is 29.2. The number of carbonyl (C=O) groups excluding carboxylic acids is 2. The molecule has 0 unspecified atom stereocenters. The van der Waals surface area contributed by atoms with Crippen molar-refractivity contribution in [2.24, 2.45) is 0 Å². The normalized spacial score (nSPS) is 14.1. The molecule has 3 aromatic carbocycles. The molecular weight excluding hydrogens is 681 g/mol. The molecule has 1 saturated carbocycles. The average Bonchev–Trinajstić information content (AvgIpc) is 3.09. The Hall–Kier alpha value is -3.87. The molecule has 0 saturated heterocycles. The summed E-state index contributed by atoms with van der Waals surface area (Å²) in [7, 11) is 1.15. The van der Waals surface area contributed by atoms with Crippen molar-refractivity contribution in [3.8, 4) is 23.0 Å². The molecule has 1 fully saturated rings. The number of methoxy groups -OCH3 is 4. The minimum absolute atomic E-state index is 0.0162. The first-order valence-corrected chi connectivity index (χ1v) is 17.6. The standard InChI is InChI=1S/C34H41Cl2N3O8S/c1-22(34(41)37-23-10-7-6-8-11-23)38(20-26-27(35)12-9-13-28(26)36)33(40)21-39(29-18-24(44-2)14-16-30(29)45-3)48(42,43)25-15-17-31(46-4)32(19-25)47-5/h9,12-19,22-23H,6-8,10-11,20-21H2,1-5H3,(H,37,41)/t22-/m0/s1. The molecular formula is C34H41Cl2N3O8S. The molecule has 1 atom stereocenters. The van der Waals surface area contributed by atoms with Crippen LogP contribution >= 0.6 is 23.2 Å². The molecule has 11 nitrogen and oxygen atoms in total. The number of nitrogens with one attached hydrogen (secondary N) is 1. The Morgan fingerprint density at radius 3 is 2.08 bits per heavy atom. The minimum Gasteiger partial charge on any atom is -0.497 e. The van der Waals surface area contributed by atoms with Crippen LogP contribution in [0.5, 0.6) is 23.0 Å². The lowest BCUT2D eigenvalue weighted by Gasteiger charge is -2.34. The highest BCUT2D eigenvalue weighted by Crippen LogP contribution is 2.38. The van der Waals surface area contributed by atoms with Gasteiger partial charge in [0.25, 0.3) is 10.0 Å². The SMILES string of the molecule is COc1ccc(OC)c(N(CC(=O)N(Cc2c(Cl)cccc2Cl)[C@@H](C)C(=O)NC2CCCCC2)S(=O)(=O)c2ccc(OC)c(OC)c2)c1. The van der Waals surface area contributed by atoms with E-state index in [1.807, 2.05) is 0 Å². The van der Waals surface area contributed by atoms with Gasteiger partial charge < -0.3 is 29.2 Å². The Kier molecular flexibility index (Phi) is 12.7. The first kappa shape index (κ1) is 37.0. The molecule has 1 N–H and O–H groups in total. The Labute approximate surface area is 292 Å². The lowest BCUT2D eigenvalue weighted by atomic mass is 9.95. The first-order valence-electron chi connectivity index (χ1n) is 15.4.